The van der Waals surface area contributed by atoms with Crippen molar-refractivity contribution in [3.8, 4) is 0 Å². The summed E-state index contributed by atoms with van der Waals surface area (Å²) in [5.41, 5.74) is 1.82. The summed E-state index contributed by atoms with van der Waals surface area (Å²) in [4.78, 5) is 25.2. The first-order valence-electron chi connectivity index (χ1n) is 6.46. The Morgan fingerprint density at radius 2 is 2.11 bits per heavy atom. The van der Waals surface area contributed by atoms with Crippen LogP contribution in [0, 0.1) is 5.92 Å². The van der Waals surface area contributed by atoms with Crippen LogP contribution in [0.3, 0.4) is 0 Å². The van der Waals surface area contributed by atoms with Gasteiger partial charge >= 0.3 is 0 Å². The van der Waals surface area contributed by atoms with E-state index in [1.54, 1.807) is 18.4 Å². The molecule has 1 aliphatic heterocycles. The molecular formula is C13H16N2O2S2. The Balaban J connectivity index is 1.94. The van der Waals surface area contributed by atoms with Crippen LogP contribution in [0.25, 0.3) is 0 Å². The topological polar surface area (TPSA) is 58.2 Å². The van der Waals surface area contributed by atoms with Crippen LogP contribution in [-0.2, 0) is 17.0 Å². The lowest BCUT2D eigenvalue weighted by Gasteiger charge is -2.12. The summed E-state index contributed by atoms with van der Waals surface area (Å²) in [5.74, 6) is 2.13. The lowest BCUT2D eigenvalue weighted by molar-refractivity contribution is -0.117. The third-order valence-electron chi connectivity index (χ3n) is 3.46. The maximum atomic E-state index is 12.1. The average molecular weight is 296 g/mol. The monoisotopic (exact) mass is 296 g/mol. The summed E-state index contributed by atoms with van der Waals surface area (Å²) in [6.45, 7) is 0. The molecule has 1 aliphatic carbocycles. The molecule has 2 heterocycles. The van der Waals surface area contributed by atoms with Crippen LogP contribution in [0.1, 0.15) is 33.6 Å². The fraction of sp³-hybridized carbons (Fsp3) is 0.538. The highest BCUT2D eigenvalue weighted by Crippen LogP contribution is 2.40. The van der Waals surface area contributed by atoms with E-state index in [1.165, 1.54) is 4.88 Å². The van der Waals surface area contributed by atoms with E-state index in [2.05, 4.69) is 10.6 Å². The van der Waals surface area contributed by atoms with E-state index in [4.69, 9.17) is 0 Å². The van der Waals surface area contributed by atoms with Gasteiger partial charge in [0.05, 0.1) is 5.56 Å². The number of hydrogen-bond donors (Lipinski definition) is 2. The zero-order valence-corrected chi connectivity index (χ0v) is 12.4. The van der Waals surface area contributed by atoms with Gasteiger partial charge in [-0.1, -0.05) is 0 Å². The smallest absolute Gasteiger partial charge is 0.254 e. The average Bonchev–Trinajstić information content (AvgIpc) is 3.20. The van der Waals surface area contributed by atoms with Gasteiger partial charge in [-0.05, 0) is 30.6 Å². The van der Waals surface area contributed by atoms with E-state index in [0.29, 0.717) is 5.56 Å². The molecule has 2 aliphatic rings. The minimum atomic E-state index is -0.0875. The molecule has 0 spiro atoms. The maximum Gasteiger partial charge on any atom is 0.254 e. The molecule has 4 nitrogen and oxygen atoms in total. The van der Waals surface area contributed by atoms with Gasteiger partial charge in [0.25, 0.3) is 5.91 Å². The van der Waals surface area contributed by atoms with Crippen molar-refractivity contribution < 1.29 is 9.59 Å². The number of amides is 2. The zero-order valence-electron chi connectivity index (χ0n) is 10.7. The van der Waals surface area contributed by atoms with E-state index >= 15 is 0 Å². The molecule has 1 saturated carbocycles. The number of carbonyl (C=O) groups excluding carboxylic acids is 2. The number of carbonyl (C=O) groups is 2. The molecule has 2 N–H and O–H groups in total. The van der Waals surface area contributed by atoms with Crippen molar-refractivity contribution in [2.24, 2.45) is 5.92 Å². The first-order chi connectivity index (χ1) is 9.20. The molecule has 102 valence electrons. The highest BCUT2D eigenvalue weighted by atomic mass is 32.2. The quantitative estimate of drug-likeness (QED) is 0.899. The van der Waals surface area contributed by atoms with Crippen molar-refractivity contribution in [1.29, 1.82) is 0 Å². The van der Waals surface area contributed by atoms with Crippen molar-refractivity contribution in [3.05, 3.63) is 16.0 Å². The Hall–Kier alpha value is -1.01. The van der Waals surface area contributed by atoms with Gasteiger partial charge in [0.2, 0.25) is 5.91 Å². The Kier molecular flexibility index (Phi) is 3.54. The van der Waals surface area contributed by atoms with Gasteiger partial charge in [0, 0.05) is 23.6 Å². The zero-order chi connectivity index (χ0) is 13.4. The van der Waals surface area contributed by atoms with E-state index < -0.39 is 0 Å². The molecule has 2 amide bonds. The number of rotatable bonds is 3. The maximum absolute atomic E-state index is 12.1. The van der Waals surface area contributed by atoms with Crippen LogP contribution in [0.5, 0.6) is 0 Å². The minimum absolute atomic E-state index is 0.0661. The highest BCUT2D eigenvalue weighted by Gasteiger charge is 2.32. The molecule has 0 saturated heterocycles. The van der Waals surface area contributed by atoms with E-state index in [0.717, 1.165) is 41.3 Å². The number of nitrogens with one attached hydrogen (secondary N) is 2. The fourth-order valence-corrected chi connectivity index (χ4v) is 4.63. The highest BCUT2D eigenvalue weighted by molar-refractivity contribution is 7.98. The normalized spacial score (nSPS) is 17.7. The van der Waals surface area contributed by atoms with Crippen LogP contribution in [0.4, 0.5) is 5.00 Å². The molecule has 19 heavy (non-hydrogen) atoms. The lowest BCUT2D eigenvalue weighted by atomic mass is 10.1. The number of thioether (sulfide) groups is 1. The first-order valence-corrected chi connectivity index (χ1v) is 8.43. The first kappa shape index (κ1) is 13.0. The molecule has 3 rings (SSSR count). The summed E-state index contributed by atoms with van der Waals surface area (Å²) in [6.07, 6.45) is 2.86. The van der Waals surface area contributed by atoms with E-state index in [-0.39, 0.29) is 17.7 Å². The predicted molar refractivity (Wildman–Crippen MR) is 78.9 cm³/mol. The Bertz CT molecular complexity index is 535. The molecule has 1 aromatic heterocycles. The molecule has 0 radical (unpaired) electrons. The van der Waals surface area contributed by atoms with Gasteiger partial charge in [-0.15, -0.1) is 11.3 Å². The summed E-state index contributed by atoms with van der Waals surface area (Å²) < 4.78 is 0. The molecule has 0 atom stereocenters. The number of hydrogen-bond acceptors (Lipinski definition) is 4. The summed E-state index contributed by atoms with van der Waals surface area (Å²) >= 11 is 3.45. The summed E-state index contributed by atoms with van der Waals surface area (Å²) in [7, 11) is 1.64. The lowest BCUT2D eigenvalue weighted by Crippen LogP contribution is -2.22. The van der Waals surface area contributed by atoms with Crippen molar-refractivity contribution >= 4 is 39.9 Å². The molecule has 1 fully saturated rings. The van der Waals surface area contributed by atoms with E-state index in [9.17, 15) is 9.59 Å². The number of thiophene rings is 1. The Morgan fingerprint density at radius 3 is 2.79 bits per heavy atom. The molecular weight excluding hydrogens is 280 g/mol. The number of anilines is 1. The number of fused-ring (bicyclic) bond motifs is 1. The fourth-order valence-electron chi connectivity index (χ4n) is 2.25. The van der Waals surface area contributed by atoms with Crippen molar-refractivity contribution in [1.82, 2.24) is 5.32 Å². The second-order valence-electron chi connectivity index (χ2n) is 4.85. The van der Waals surface area contributed by atoms with Crippen LogP contribution in [0.2, 0.25) is 0 Å². The van der Waals surface area contributed by atoms with Gasteiger partial charge in [-0.25, -0.2) is 0 Å². The standard InChI is InChI=1S/C13H16N2O2S2/c1-14-12(17)10-8-4-5-18-6-9(8)19-13(10)15-11(16)7-2-3-7/h7H,2-6H2,1H3,(H,14,17)(H,15,16). The van der Waals surface area contributed by atoms with Crippen LogP contribution >= 0.6 is 23.1 Å². The largest absolute Gasteiger partial charge is 0.355 e. The Morgan fingerprint density at radius 1 is 1.32 bits per heavy atom. The van der Waals surface area contributed by atoms with Gasteiger partial charge in [-0.2, -0.15) is 11.8 Å². The minimum Gasteiger partial charge on any atom is -0.355 e. The molecule has 0 aromatic carbocycles. The predicted octanol–water partition coefficient (Wildman–Crippen LogP) is 2.25. The molecule has 1 aromatic rings. The summed E-state index contributed by atoms with van der Waals surface area (Å²) in [5, 5.41) is 6.38. The Labute approximate surface area is 120 Å². The molecule has 6 heteroatoms. The van der Waals surface area contributed by atoms with Crippen LogP contribution in [0.15, 0.2) is 0 Å². The second kappa shape index (κ2) is 5.17. The van der Waals surface area contributed by atoms with Gasteiger partial charge < -0.3 is 10.6 Å². The van der Waals surface area contributed by atoms with Gasteiger partial charge in [-0.3, -0.25) is 9.59 Å². The molecule has 0 bridgehead atoms. The van der Waals surface area contributed by atoms with Crippen LogP contribution < -0.4 is 10.6 Å². The summed E-state index contributed by atoms with van der Waals surface area (Å²) in [6, 6.07) is 0. The van der Waals surface area contributed by atoms with Gasteiger partial charge in [0.15, 0.2) is 0 Å². The SMILES string of the molecule is CNC(=O)c1c(NC(=O)C2CC2)sc2c1CCSC2. The van der Waals surface area contributed by atoms with Gasteiger partial charge in [0.1, 0.15) is 5.00 Å². The third kappa shape index (κ3) is 2.51. The second-order valence-corrected chi connectivity index (χ2v) is 7.06. The molecule has 0 unspecified atom stereocenters. The van der Waals surface area contributed by atoms with Crippen molar-refractivity contribution in [2.75, 3.05) is 18.1 Å². The van der Waals surface area contributed by atoms with Crippen LogP contribution in [-0.4, -0.2) is 24.6 Å². The van der Waals surface area contributed by atoms with E-state index in [1.807, 2.05) is 11.8 Å². The van der Waals surface area contributed by atoms with Crippen molar-refractivity contribution in [2.45, 2.75) is 25.0 Å². The third-order valence-corrected chi connectivity index (χ3v) is 5.78. The van der Waals surface area contributed by atoms with Crippen molar-refractivity contribution in [3.63, 3.8) is 0 Å².